The molecule has 1 aromatic carbocycles. The molecule has 7 rings (SSSR count). The first-order valence-electron chi connectivity index (χ1n) is 13.6. The second kappa shape index (κ2) is 9.43. The van der Waals surface area contributed by atoms with Crippen LogP contribution in [0.5, 0.6) is 0 Å². The average Bonchev–Trinajstić information content (AvgIpc) is 3.46. The zero-order valence-electron chi connectivity index (χ0n) is 21.2. The fraction of sp³-hybridized carbons (Fsp3) is 0.464. The molecule has 1 N–H and O–H groups in total. The summed E-state index contributed by atoms with van der Waals surface area (Å²) < 4.78 is 0. The van der Waals surface area contributed by atoms with Gasteiger partial charge in [-0.3, -0.25) is 19.8 Å². The van der Waals surface area contributed by atoms with Crippen molar-refractivity contribution < 1.29 is 14.4 Å². The van der Waals surface area contributed by atoms with Crippen molar-refractivity contribution in [3.63, 3.8) is 0 Å². The molecule has 2 aromatic heterocycles. The summed E-state index contributed by atoms with van der Waals surface area (Å²) in [7, 11) is 0. The third kappa shape index (κ3) is 4.06. The Balaban J connectivity index is 1.02. The van der Waals surface area contributed by atoms with Crippen LogP contribution in [0.2, 0.25) is 0 Å². The first-order chi connectivity index (χ1) is 18.5. The van der Waals surface area contributed by atoms with Gasteiger partial charge in [-0.15, -0.1) is 11.3 Å². The minimum atomic E-state index is -0.533. The van der Waals surface area contributed by atoms with Crippen LogP contribution in [0.15, 0.2) is 24.5 Å². The van der Waals surface area contributed by atoms with Crippen molar-refractivity contribution >= 4 is 39.4 Å². The van der Waals surface area contributed by atoms with Gasteiger partial charge >= 0.3 is 6.03 Å². The van der Waals surface area contributed by atoms with Crippen LogP contribution < -0.4 is 5.32 Å². The molecule has 0 radical (unpaired) electrons. The number of piperidine rings is 1. The number of fused-ring (bicyclic) bond motifs is 4. The quantitative estimate of drug-likeness (QED) is 0.552. The predicted octanol–water partition coefficient (Wildman–Crippen LogP) is 3.76. The fourth-order valence-corrected chi connectivity index (χ4v) is 7.72. The van der Waals surface area contributed by atoms with Crippen molar-refractivity contribution in [3.8, 4) is 0 Å². The standard InChI is InChI=1S/C28H30N6O3S/c35-23-9-12-33(28(37)31-23)34-15-19-13-17(5-6-20(19)27(34)36)14-32-10-7-18(8-11-32)25-24-21-3-1-2-4-22(21)38-26(24)30-16-29-25/h5-6,13,16,18H,1-4,7-12,14-15H2,(H,31,35,37). The molecule has 3 aromatic rings. The van der Waals surface area contributed by atoms with Crippen LogP contribution in [0.1, 0.15) is 75.6 Å². The molecule has 10 heteroatoms. The molecule has 0 spiro atoms. The van der Waals surface area contributed by atoms with Gasteiger partial charge in [0, 0.05) is 34.7 Å². The molecule has 0 unspecified atom stereocenters. The minimum absolute atomic E-state index is 0.191. The lowest BCUT2D eigenvalue weighted by Crippen LogP contribution is -2.56. The third-order valence-electron chi connectivity index (χ3n) is 8.44. The number of rotatable bonds is 4. The van der Waals surface area contributed by atoms with E-state index in [2.05, 4.69) is 21.3 Å². The van der Waals surface area contributed by atoms with Crippen molar-refractivity contribution in [1.82, 2.24) is 30.2 Å². The Morgan fingerprint density at radius 1 is 0.974 bits per heavy atom. The molecule has 2 saturated heterocycles. The van der Waals surface area contributed by atoms with Gasteiger partial charge in [-0.2, -0.15) is 0 Å². The minimum Gasteiger partial charge on any atom is -0.299 e. The van der Waals surface area contributed by atoms with E-state index in [-0.39, 0.29) is 24.8 Å². The fourth-order valence-electron chi connectivity index (χ4n) is 6.48. The molecular weight excluding hydrogens is 500 g/mol. The highest BCUT2D eigenvalue weighted by molar-refractivity contribution is 7.18. The van der Waals surface area contributed by atoms with E-state index in [1.54, 1.807) is 6.33 Å². The Labute approximate surface area is 224 Å². The topological polar surface area (TPSA) is 98.7 Å². The van der Waals surface area contributed by atoms with Crippen molar-refractivity contribution in [2.75, 3.05) is 19.6 Å². The lowest BCUT2D eigenvalue weighted by Gasteiger charge is -2.33. The van der Waals surface area contributed by atoms with Crippen molar-refractivity contribution in [3.05, 3.63) is 57.4 Å². The summed E-state index contributed by atoms with van der Waals surface area (Å²) in [6.45, 7) is 3.42. The van der Waals surface area contributed by atoms with Gasteiger partial charge in [0.05, 0.1) is 18.8 Å². The second-order valence-corrected chi connectivity index (χ2v) is 11.9. The van der Waals surface area contributed by atoms with E-state index < -0.39 is 6.03 Å². The number of carbonyl (C=O) groups excluding carboxylic acids is 3. The van der Waals surface area contributed by atoms with E-state index >= 15 is 0 Å². The lowest BCUT2D eigenvalue weighted by atomic mass is 9.88. The van der Waals surface area contributed by atoms with Crippen molar-refractivity contribution in [2.24, 2.45) is 0 Å². The number of hydrazine groups is 1. The molecule has 3 aliphatic heterocycles. The number of urea groups is 1. The average molecular weight is 531 g/mol. The molecular formula is C28H30N6O3S. The number of hydrogen-bond donors (Lipinski definition) is 1. The molecule has 196 valence electrons. The van der Waals surface area contributed by atoms with Gasteiger partial charge in [0.2, 0.25) is 5.91 Å². The predicted molar refractivity (Wildman–Crippen MR) is 142 cm³/mol. The molecule has 38 heavy (non-hydrogen) atoms. The molecule has 2 fully saturated rings. The molecule has 0 atom stereocenters. The van der Waals surface area contributed by atoms with Crippen LogP contribution in [0.25, 0.3) is 10.2 Å². The first-order valence-corrected chi connectivity index (χ1v) is 14.4. The maximum absolute atomic E-state index is 13.0. The highest BCUT2D eigenvalue weighted by Crippen LogP contribution is 2.40. The van der Waals surface area contributed by atoms with E-state index in [0.29, 0.717) is 18.0 Å². The van der Waals surface area contributed by atoms with Crippen LogP contribution in [-0.4, -0.2) is 62.4 Å². The molecule has 0 bridgehead atoms. The Morgan fingerprint density at radius 2 is 1.82 bits per heavy atom. The largest absolute Gasteiger partial charge is 0.342 e. The van der Waals surface area contributed by atoms with Crippen LogP contribution >= 0.6 is 11.3 Å². The molecule has 0 saturated carbocycles. The maximum Gasteiger partial charge on any atom is 0.342 e. The number of aryl methyl sites for hydroxylation is 2. The van der Waals surface area contributed by atoms with E-state index in [9.17, 15) is 14.4 Å². The Hall–Kier alpha value is -3.37. The number of aromatic nitrogens is 2. The lowest BCUT2D eigenvalue weighted by molar-refractivity contribution is -0.123. The van der Waals surface area contributed by atoms with E-state index in [0.717, 1.165) is 44.5 Å². The summed E-state index contributed by atoms with van der Waals surface area (Å²) in [4.78, 5) is 51.3. The van der Waals surface area contributed by atoms with Gasteiger partial charge in [-0.1, -0.05) is 12.1 Å². The summed E-state index contributed by atoms with van der Waals surface area (Å²) >= 11 is 1.87. The molecule has 5 heterocycles. The van der Waals surface area contributed by atoms with E-state index in [1.807, 2.05) is 23.5 Å². The molecule has 4 aliphatic rings. The second-order valence-electron chi connectivity index (χ2n) is 10.8. The number of carbonyl (C=O) groups is 3. The van der Waals surface area contributed by atoms with E-state index in [1.165, 1.54) is 61.2 Å². The summed E-state index contributed by atoms with van der Waals surface area (Å²) in [5.74, 6) is -0.0323. The smallest absolute Gasteiger partial charge is 0.299 e. The van der Waals surface area contributed by atoms with Crippen molar-refractivity contribution in [1.29, 1.82) is 0 Å². The molecule has 1 aliphatic carbocycles. The SMILES string of the molecule is O=C1CCN(N2Cc3cc(CN4CCC(c5ncnc6sc7c(c56)CCCC7)CC4)ccc3C2=O)C(=O)N1. The van der Waals surface area contributed by atoms with E-state index in [4.69, 9.17) is 4.98 Å². The number of hydrogen-bond acceptors (Lipinski definition) is 7. The Bertz CT molecular complexity index is 1460. The third-order valence-corrected chi connectivity index (χ3v) is 9.64. The monoisotopic (exact) mass is 530 g/mol. The van der Waals surface area contributed by atoms with Crippen LogP contribution in [0, 0.1) is 0 Å². The summed E-state index contributed by atoms with van der Waals surface area (Å²) in [6, 6.07) is 5.47. The first kappa shape index (κ1) is 23.7. The molecule has 4 amide bonds. The highest BCUT2D eigenvalue weighted by Gasteiger charge is 2.37. The van der Waals surface area contributed by atoms with Gasteiger partial charge in [0.1, 0.15) is 11.2 Å². The number of nitrogens with zero attached hydrogens (tertiary/aromatic N) is 5. The number of thiophene rings is 1. The Kier molecular flexibility index (Phi) is 5.89. The van der Waals surface area contributed by atoms with Crippen LogP contribution in [0.4, 0.5) is 4.79 Å². The molecule has 9 nitrogen and oxygen atoms in total. The summed E-state index contributed by atoms with van der Waals surface area (Å²) in [5, 5.41) is 6.45. The summed E-state index contributed by atoms with van der Waals surface area (Å²) in [5.41, 5.74) is 5.51. The van der Waals surface area contributed by atoms with Crippen LogP contribution in [-0.2, 0) is 30.7 Å². The van der Waals surface area contributed by atoms with Gasteiger partial charge < -0.3 is 0 Å². The summed E-state index contributed by atoms with van der Waals surface area (Å²) in [6.07, 6.45) is 9.00. The number of nitrogens with one attached hydrogen (secondary N) is 1. The number of imide groups is 1. The zero-order valence-corrected chi connectivity index (χ0v) is 22.1. The van der Waals surface area contributed by atoms with Gasteiger partial charge in [-0.05, 0) is 74.4 Å². The van der Waals surface area contributed by atoms with Crippen LogP contribution in [0.3, 0.4) is 0 Å². The number of amides is 4. The maximum atomic E-state index is 13.0. The highest BCUT2D eigenvalue weighted by atomic mass is 32.1. The van der Waals surface area contributed by atoms with Gasteiger partial charge in [-0.25, -0.2) is 24.8 Å². The van der Waals surface area contributed by atoms with Crippen molar-refractivity contribution in [2.45, 2.75) is 64.0 Å². The zero-order chi connectivity index (χ0) is 25.8. The number of likely N-dealkylation sites (tertiary alicyclic amines) is 1. The number of benzene rings is 1. The van der Waals surface area contributed by atoms with Gasteiger partial charge in [0.25, 0.3) is 5.91 Å². The normalized spacial score (nSPS) is 20.7. The Morgan fingerprint density at radius 3 is 2.66 bits per heavy atom. The van der Waals surface area contributed by atoms with Gasteiger partial charge in [0.15, 0.2) is 0 Å².